The molecule has 0 spiro atoms. The maximum absolute atomic E-state index is 12.7. The molecule has 0 unspecified atom stereocenters. The van der Waals surface area contributed by atoms with Gasteiger partial charge in [-0.3, -0.25) is 4.79 Å². The van der Waals surface area contributed by atoms with E-state index in [9.17, 15) is 9.59 Å². The van der Waals surface area contributed by atoms with Crippen LogP contribution in [0, 0.1) is 0 Å². The molecule has 3 rings (SSSR count). The first-order chi connectivity index (χ1) is 16.7. The molecular formula is C28H29BrN2O4. The van der Waals surface area contributed by atoms with Gasteiger partial charge >= 0.3 is 5.97 Å². The van der Waals surface area contributed by atoms with Gasteiger partial charge in [0.15, 0.2) is 0 Å². The van der Waals surface area contributed by atoms with Crippen LogP contribution in [0.15, 0.2) is 76.3 Å². The summed E-state index contributed by atoms with van der Waals surface area (Å²) in [6, 6.07) is 19.4. The summed E-state index contributed by atoms with van der Waals surface area (Å²) >= 11 is 3.41. The van der Waals surface area contributed by atoms with Gasteiger partial charge in [0, 0.05) is 15.6 Å². The molecular weight excluding hydrogens is 508 g/mol. The first-order valence-corrected chi connectivity index (χ1v) is 12.1. The van der Waals surface area contributed by atoms with Crippen LogP contribution in [-0.2, 0) is 5.41 Å². The molecule has 0 aliphatic heterocycles. The Morgan fingerprint density at radius 3 is 2.26 bits per heavy atom. The second-order valence-electron chi connectivity index (χ2n) is 8.97. The topological polar surface area (TPSA) is 77.0 Å². The number of hydrogen-bond donors (Lipinski definition) is 1. The molecule has 0 aliphatic rings. The van der Waals surface area contributed by atoms with Crippen LogP contribution in [0.4, 0.5) is 0 Å². The maximum atomic E-state index is 12.7. The van der Waals surface area contributed by atoms with E-state index in [1.165, 1.54) is 6.21 Å². The molecule has 0 saturated carbocycles. The average Bonchev–Trinajstić information content (AvgIpc) is 2.84. The van der Waals surface area contributed by atoms with Crippen LogP contribution in [0.5, 0.6) is 11.5 Å². The number of amides is 1. The number of carbonyl (C=O) groups is 2. The number of hydrazone groups is 1. The Bertz CT molecular complexity index is 1200. The molecule has 0 aliphatic carbocycles. The minimum Gasteiger partial charge on any atom is -0.494 e. The SMILES string of the molecule is CCCOc1ccc(C(=O)Oc2ccc(Br)cc2/C=N\NC(=O)c2ccc(C(C)(C)C)cc2)cc1. The molecule has 6 nitrogen and oxygen atoms in total. The molecule has 0 radical (unpaired) electrons. The summed E-state index contributed by atoms with van der Waals surface area (Å²) in [6.07, 6.45) is 2.35. The van der Waals surface area contributed by atoms with Gasteiger partial charge in [0.05, 0.1) is 18.4 Å². The highest BCUT2D eigenvalue weighted by molar-refractivity contribution is 9.10. The van der Waals surface area contributed by atoms with Crippen LogP contribution < -0.4 is 14.9 Å². The highest BCUT2D eigenvalue weighted by Crippen LogP contribution is 2.24. The van der Waals surface area contributed by atoms with Crippen molar-refractivity contribution < 1.29 is 19.1 Å². The van der Waals surface area contributed by atoms with Crippen molar-refractivity contribution in [2.24, 2.45) is 5.10 Å². The Morgan fingerprint density at radius 1 is 0.971 bits per heavy atom. The van der Waals surface area contributed by atoms with Gasteiger partial charge in [0.25, 0.3) is 5.91 Å². The molecule has 0 bridgehead atoms. The Morgan fingerprint density at radius 2 is 1.63 bits per heavy atom. The quantitative estimate of drug-likeness (QED) is 0.154. The lowest BCUT2D eigenvalue weighted by Crippen LogP contribution is -2.18. The van der Waals surface area contributed by atoms with Crippen LogP contribution in [0.3, 0.4) is 0 Å². The van der Waals surface area contributed by atoms with E-state index in [1.54, 1.807) is 54.6 Å². The molecule has 0 atom stereocenters. The summed E-state index contributed by atoms with van der Waals surface area (Å²) in [6.45, 7) is 8.99. The van der Waals surface area contributed by atoms with Crippen LogP contribution in [0.1, 0.15) is 66.0 Å². The van der Waals surface area contributed by atoms with E-state index in [-0.39, 0.29) is 11.3 Å². The van der Waals surface area contributed by atoms with E-state index in [0.717, 1.165) is 16.5 Å². The summed E-state index contributed by atoms with van der Waals surface area (Å²) in [5.41, 5.74) is 5.09. The number of hydrogen-bond acceptors (Lipinski definition) is 5. The zero-order chi connectivity index (χ0) is 25.4. The van der Waals surface area contributed by atoms with Crippen LogP contribution >= 0.6 is 15.9 Å². The first kappa shape index (κ1) is 26.2. The summed E-state index contributed by atoms with van der Waals surface area (Å²) in [5, 5.41) is 4.06. The van der Waals surface area contributed by atoms with E-state index >= 15 is 0 Å². The largest absolute Gasteiger partial charge is 0.494 e. The van der Waals surface area contributed by atoms with Crippen molar-refractivity contribution >= 4 is 34.0 Å². The van der Waals surface area contributed by atoms with Gasteiger partial charge in [-0.25, -0.2) is 10.2 Å². The number of halogens is 1. The first-order valence-electron chi connectivity index (χ1n) is 11.4. The zero-order valence-electron chi connectivity index (χ0n) is 20.3. The molecule has 0 fully saturated rings. The third-order valence-corrected chi connectivity index (χ3v) is 5.61. The molecule has 3 aromatic carbocycles. The number of carbonyl (C=O) groups excluding carboxylic acids is 2. The van der Waals surface area contributed by atoms with Crippen molar-refractivity contribution in [3.63, 3.8) is 0 Å². The predicted octanol–water partition coefficient (Wildman–Crippen LogP) is 6.52. The highest BCUT2D eigenvalue weighted by atomic mass is 79.9. The molecule has 0 aromatic heterocycles. The lowest BCUT2D eigenvalue weighted by molar-refractivity contribution is 0.0734. The second kappa shape index (κ2) is 11.8. The maximum Gasteiger partial charge on any atom is 0.343 e. The Balaban J connectivity index is 1.68. The fourth-order valence-corrected chi connectivity index (χ4v) is 3.50. The summed E-state index contributed by atoms with van der Waals surface area (Å²) < 4.78 is 11.9. The van der Waals surface area contributed by atoms with Crippen molar-refractivity contribution in [2.45, 2.75) is 39.5 Å². The number of esters is 1. The van der Waals surface area contributed by atoms with Crippen LogP contribution in [-0.4, -0.2) is 24.7 Å². The molecule has 3 aromatic rings. The molecule has 0 saturated heterocycles. The van der Waals surface area contributed by atoms with Gasteiger partial charge in [-0.1, -0.05) is 55.8 Å². The molecule has 1 amide bonds. The number of ether oxygens (including phenoxy) is 2. The van der Waals surface area contributed by atoms with E-state index in [4.69, 9.17) is 9.47 Å². The summed E-state index contributed by atoms with van der Waals surface area (Å²) in [4.78, 5) is 25.1. The number of nitrogens with zero attached hydrogens (tertiary/aromatic N) is 1. The Hall–Kier alpha value is -3.45. The van der Waals surface area contributed by atoms with Crippen LogP contribution in [0.2, 0.25) is 0 Å². The second-order valence-corrected chi connectivity index (χ2v) is 9.89. The van der Waals surface area contributed by atoms with Crippen molar-refractivity contribution in [1.29, 1.82) is 0 Å². The van der Waals surface area contributed by atoms with E-state index < -0.39 is 5.97 Å². The Labute approximate surface area is 214 Å². The number of nitrogens with one attached hydrogen (secondary N) is 1. The fraction of sp³-hybridized carbons (Fsp3) is 0.250. The van der Waals surface area contributed by atoms with Gasteiger partial charge in [0.1, 0.15) is 11.5 Å². The van der Waals surface area contributed by atoms with Crippen molar-refractivity contribution in [1.82, 2.24) is 5.43 Å². The van der Waals surface area contributed by atoms with Crippen LogP contribution in [0.25, 0.3) is 0 Å². The van der Waals surface area contributed by atoms with Gasteiger partial charge in [-0.15, -0.1) is 0 Å². The monoisotopic (exact) mass is 536 g/mol. The molecule has 35 heavy (non-hydrogen) atoms. The fourth-order valence-electron chi connectivity index (χ4n) is 3.13. The molecule has 1 N–H and O–H groups in total. The third kappa shape index (κ3) is 7.52. The lowest BCUT2D eigenvalue weighted by Gasteiger charge is -2.18. The number of benzene rings is 3. The van der Waals surface area contributed by atoms with Gasteiger partial charge < -0.3 is 9.47 Å². The van der Waals surface area contributed by atoms with Crippen molar-refractivity contribution in [3.05, 3.63) is 93.5 Å². The smallest absolute Gasteiger partial charge is 0.343 e. The predicted molar refractivity (Wildman–Crippen MR) is 142 cm³/mol. The third-order valence-electron chi connectivity index (χ3n) is 5.12. The van der Waals surface area contributed by atoms with E-state index in [1.807, 2.05) is 19.1 Å². The summed E-state index contributed by atoms with van der Waals surface area (Å²) in [7, 11) is 0. The van der Waals surface area contributed by atoms with Gasteiger partial charge in [0.2, 0.25) is 0 Å². The lowest BCUT2D eigenvalue weighted by atomic mass is 9.87. The minimum atomic E-state index is -0.507. The minimum absolute atomic E-state index is 0.00651. The average molecular weight is 537 g/mol. The standard InChI is InChI=1S/C28H29BrN2O4/c1-5-16-34-24-13-8-20(9-14-24)27(33)35-25-15-12-23(29)17-21(25)18-30-31-26(32)19-6-10-22(11-7-19)28(2,3)4/h6-15,17-18H,5,16H2,1-4H3,(H,31,32)/b30-18-. The van der Waals surface area contributed by atoms with Gasteiger partial charge in [-0.2, -0.15) is 5.10 Å². The zero-order valence-corrected chi connectivity index (χ0v) is 21.9. The number of rotatable bonds is 8. The van der Waals surface area contributed by atoms with E-state index in [0.29, 0.717) is 34.8 Å². The normalized spacial score (nSPS) is 11.3. The van der Waals surface area contributed by atoms with Crippen molar-refractivity contribution in [3.8, 4) is 11.5 Å². The molecule has 0 heterocycles. The molecule has 182 valence electrons. The van der Waals surface area contributed by atoms with Crippen molar-refractivity contribution in [2.75, 3.05) is 6.61 Å². The Kier molecular flexibility index (Phi) is 8.82. The molecule has 7 heteroatoms. The summed E-state index contributed by atoms with van der Waals surface area (Å²) in [5.74, 6) is 0.174. The highest BCUT2D eigenvalue weighted by Gasteiger charge is 2.15. The van der Waals surface area contributed by atoms with E-state index in [2.05, 4.69) is 47.2 Å². The van der Waals surface area contributed by atoms with Gasteiger partial charge in [-0.05, 0) is 72.0 Å².